The number of alkyl halides is 3. The fraction of sp³-hybridized carbons (Fsp3) is 0.333. The molecule has 3 aromatic heterocycles. The monoisotopic (exact) mass is 566 g/mol. The predicted molar refractivity (Wildman–Crippen MR) is 120 cm³/mol. The second kappa shape index (κ2) is 12.6. The molecule has 3 aromatic rings. The number of anilines is 1. The van der Waals surface area contributed by atoms with Gasteiger partial charge in [0.25, 0.3) is 5.91 Å². The molecule has 1 amide bonds. The van der Waals surface area contributed by atoms with Crippen LogP contribution in [0, 0.1) is 0 Å². The van der Waals surface area contributed by atoms with E-state index in [0.29, 0.717) is 32.1 Å². The lowest BCUT2D eigenvalue weighted by Crippen LogP contribution is -2.37. The van der Waals surface area contributed by atoms with Crippen LogP contribution in [-0.2, 0) is 11.3 Å². The number of halogens is 4. The number of nitrogens with zero attached hydrogens (tertiary/aromatic N) is 7. The number of rotatable bonds is 4. The molecule has 0 atom stereocenters. The van der Waals surface area contributed by atoms with E-state index < -0.39 is 30.9 Å². The van der Waals surface area contributed by atoms with Crippen LogP contribution in [0.2, 0.25) is 5.28 Å². The molecular formula is C18H18ClF3N8O8. The molecule has 1 aliphatic heterocycles. The first-order valence-electron chi connectivity index (χ1n) is 9.98. The van der Waals surface area contributed by atoms with Crippen molar-refractivity contribution in [2.45, 2.75) is 12.7 Å². The zero-order valence-corrected chi connectivity index (χ0v) is 19.6. The first-order valence-corrected chi connectivity index (χ1v) is 10.4. The van der Waals surface area contributed by atoms with Gasteiger partial charge in [-0.15, -0.1) is 0 Å². The summed E-state index contributed by atoms with van der Waals surface area (Å²) in [7, 11) is 0. The number of hydrogen-bond donors (Lipinski definition) is 5. The fourth-order valence-electron chi connectivity index (χ4n) is 2.97. The number of nitrogens with two attached hydrogens (primary N) is 1. The number of carbonyl (C=O) groups is 3. The SMILES string of the molecule is NC(=O)c1ncc(-c2nc(N3CCOCC3)c3nc(Cl)n(CC(F)(F)F)c3n2)cn1.O=C(O)O.O=C(O)O. The highest BCUT2D eigenvalue weighted by Gasteiger charge is 2.32. The van der Waals surface area contributed by atoms with Gasteiger partial charge >= 0.3 is 18.5 Å². The highest BCUT2D eigenvalue weighted by Crippen LogP contribution is 2.31. The van der Waals surface area contributed by atoms with Crippen molar-refractivity contribution in [1.82, 2.24) is 29.5 Å². The Kier molecular flexibility index (Phi) is 9.88. The molecule has 206 valence electrons. The van der Waals surface area contributed by atoms with Crippen molar-refractivity contribution in [2.24, 2.45) is 5.73 Å². The van der Waals surface area contributed by atoms with Crippen LogP contribution in [0.1, 0.15) is 10.6 Å². The summed E-state index contributed by atoms with van der Waals surface area (Å²) in [5.74, 6) is -0.652. The topological polar surface area (TPSA) is 240 Å². The van der Waals surface area contributed by atoms with Gasteiger partial charge in [-0.2, -0.15) is 13.2 Å². The van der Waals surface area contributed by atoms with E-state index >= 15 is 0 Å². The molecule has 1 fully saturated rings. The largest absolute Gasteiger partial charge is 0.503 e. The van der Waals surface area contributed by atoms with Crippen molar-refractivity contribution in [3.63, 3.8) is 0 Å². The summed E-state index contributed by atoms with van der Waals surface area (Å²) in [5, 5.41) is 27.5. The minimum absolute atomic E-state index is 0.0556. The third-order valence-electron chi connectivity index (χ3n) is 4.31. The lowest BCUT2D eigenvalue weighted by molar-refractivity contribution is -0.140. The summed E-state index contributed by atoms with van der Waals surface area (Å²) in [4.78, 5) is 50.6. The molecule has 4 rings (SSSR count). The smallest absolute Gasteiger partial charge is 0.450 e. The molecule has 0 bridgehead atoms. The molecule has 6 N–H and O–H groups in total. The van der Waals surface area contributed by atoms with E-state index in [1.54, 1.807) is 0 Å². The molecule has 38 heavy (non-hydrogen) atoms. The normalized spacial score (nSPS) is 13.1. The summed E-state index contributed by atoms with van der Waals surface area (Å²) < 4.78 is 45.4. The van der Waals surface area contributed by atoms with Crippen molar-refractivity contribution < 1.29 is 52.7 Å². The Balaban J connectivity index is 0.000000559. The van der Waals surface area contributed by atoms with Crippen molar-refractivity contribution in [2.75, 3.05) is 31.2 Å². The summed E-state index contributed by atoms with van der Waals surface area (Å²) in [6.45, 7) is 0.416. The maximum atomic E-state index is 13.1. The number of imidazole rings is 1. The Morgan fingerprint density at radius 3 is 2.00 bits per heavy atom. The first-order chi connectivity index (χ1) is 17.7. The quantitative estimate of drug-likeness (QED) is 0.283. The number of fused-ring (bicyclic) bond motifs is 1. The van der Waals surface area contributed by atoms with Gasteiger partial charge in [-0.25, -0.2) is 34.5 Å². The number of ether oxygens (including phenoxy) is 1. The van der Waals surface area contributed by atoms with Crippen LogP contribution in [0.25, 0.3) is 22.6 Å². The minimum Gasteiger partial charge on any atom is -0.450 e. The average molecular weight is 567 g/mol. The van der Waals surface area contributed by atoms with Crippen LogP contribution in [0.15, 0.2) is 12.4 Å². The maximum Gasteiger partial charge on any atom is 0.503 e. The van der Waals surface area contributed by atoms with Crippen LogP contribution in [0.3, 0.4) is 0 Å². The second-order valence-corrected chi connectivity index (χ2v) is 7.29. The number of carboxylic acid groups (broad SMARTS) is 4. The van der Waals surface area contributed by atoms with Crippen LogP contribution in [0.5, 0.6) is 0 Å². The Bertz CT molecular complexity index is 1280. The predicted octanol–water partition coefficient (Wildman–Crippen LogP) is 1.88. The summed E-state index contributed by atoms with van der Waals surface area (Å²) in [6, 6.07) is 0. The molecule has 1 saturated heterocycles. The number of amides is 1. The first kappa shape index (κ1) is 29.7. The zero-order chi connectivity index (χ0) is 28.6. The number of aromatic nitrogens is 6. The highest BCUT2D eigenvalue weighted by atomic mass is 35.5. The molecule has 0 aromatic carbocycles. The van der Waals surface area contributed by atoms with Gasteiger partial charge in [0.1, 0.15) is 6.54 Å². The van der Waals surface area contributed by atoms with Gasteiger partial charge in [-0.1, -0.05) is 0 Å². The summed E-state index contributed by atoms with van der Waals surface area (Å²) in [5.41, 5.74) is 5.48. The number of hydrogen-bond acceptors (Lipinski definition) is 10. The number of carbonyl (C=O) groups excluding carboxylic acids is 1. The van der Waals surface area contributed by atoms with E-state index in [4.69, 9.17) is 52.1 Å². The van der Waals surface area contributed by atoms with Gasteiger partial charge < -0.3 is 35.8 Å². The molecule has 0 aliphatic carbocycles. The van der Waals surface area contributed by atoms with Gasteiger partial charge in [0.2, 0.25) is 11.1 Å². The fourth-order valence-corrected chi connectivity index (χ4v) is 3.20. The van der Waals surface area contributed by atoms with Crippen molar-refractivity contribution in [1.29, 1.82) is 0 Å². The maximum absolute atomic E-state index is 13.1. The van der Waals surface area contributed by atoms with Crippen molar-refractivity contribution in [3.05, 3.63) is 23.5 Å². The summed E-state index contributed by atoms with van der Waals surface area (Å²) in [6.07, 6.45) is -5.67. The second-order valence-electron chi connectivity index (χ2n) is 6.95. The Morgan fingerprint density at radius 1 is 1.00 bits per heavy atom. The standard InChI is InChI=1S/C16H14ClF3N8O2.2CH2O3/c17-15-24-9-13(27-1-3-30-4-2-27)25-11(8-5-22-12(10(21)29)23-6-8)26-14(9)28(15)7-16(18,19)20;2*2-1(3)4/h5-6H,1-4,7H2,(H2,21,29);2*(H2,2,3,4). The lowest BCUT2D eigenvalue weighted by atomic mass is 10.3. The van der Waals surface area contributed by atoms with Gasteiger partial charge in [-0.3, -0.25) is 9.36 Å². The number of morpholine rings is 1. The highest BCUT2D eigenvalue weighted by molar-refractivity contribution is 6.29. The van der Waals surface area contributed by atoms with Crippen LogP contribution in [0.4, 0.5) is 28.6 Å². The zero-order valence-electron chi connectivity index (χ0n) is 18.8. The molecule has 1 aliphatic rings. The minimum atomic E-state index is -4.53. The van der Waals surface area contributed by atoms with E-state index in [2.05, 4.69) is 24.9 Å². The average Bonchev–Trinajstić information content (AvgIpc) is 3.12. The van der Waals surface area contributed by atoms with E-state index in [0.717, 1.165) is 4.57 Å². The van der Waals surface area contributed by atoms with Crippen molar-refractivity contribution >= 4 is 46.8 Å². The summed E-state index contributed by atoms with van der Waals surface area (Å²) >= 11 is 6.00. The van der Waals surface area contributed by atoms with E-state index in [-0.39, 0.29) is 33.7 Å². The van der Waals surface area contributed by atoms with Gasteiger partial charge in [0.15, 0.2) is 22.8 Å². The van der Waals surface area contributed by atoms with E-state index in [1.165, 1.54) is 12.4 Å². The van der Waals surface area contributed by atoms with Crippen molar-refractivity contribution in [3.8, 4) is 11.4 Å². The Morgan fingerprint density at radius 2 is 1.53 bits per heavy atom. The molecule has 0 saturated carbocycles. The van der Waals surface area contributed by atoms with Gasteiger partial charge in [-0.05, 0) is 11.6 Å². The van der Waals surface area contributed by atoms with Crippen LogP contribution in [-0.4, -0.2) is 101 Å². The van der Waals surface area contributed by atoms with Gasteiger partial charge in [0, 0.05) is 25.5 Å². The number of primary amides is 1. The van der Waals surface area contributed by atoms with E-state index in [9.17, 15) is 18.0 Å². The molecule has 0 unspecified atom stereocenters. The molecule has 4 heterocycles. The Hall–Kier alpha value is -4.52. The van der Waals surface area contributed by atoms with Gasteiger partial charge in [0.05, 0.1) is 18.8 Å². The van der Waals surface area contributed by atoms with E-state index in [1.807, 2.05) is 4.90 Å². The molecular weight excluding hydrogens is 549 g/mol. The lowest BCUT2D eigenvalue weighted by Gasteiger charge is -2.28. The molecule has 0 radical (unpaired) electrons. The Labute approximate surface area is 214 Å². The van der Waals surface area contributed by atoms with Crippen LogP contribution >= 0.6 is 11.6 Å². The third kappa shape index (κ3) is 8.55. The molecule has 20 heteroatoms. The molecule has 16 nitrogen and oxygen atoms in total. The molecule has 0 spiro atoms. The third-order valence-corrected chi connectivity index (χ3v) is 4.60. The van der Waals surface area contributed by atoms with Crippen LogP contribution < -0.4 is 10.6 Å².